The van der Waals surface area contributed by atoms with E-state index in [9.17, 15) is 13.2 Å². The maximum atomic E-state index is 13.1. The molecule has 4 nitrogen and oxygen atoms in total. The standard InChI is InChI=1S/C13H11F3N4/c1-7(2)10-11-18-19-12(13(14,15)16)20(11)9-6-4-3-5-8(9)17-10/h3-7H,1-2H3. The Balaban J connectivity index is 2.53. The fraction of sp³-hybridized carbons (Fsp3) is 0.308. The number of hydrogen-bond acceptors (Lipinski definition) is 3. The summed E-state index contributed by atoms with van der Waals surface area (Å²) in [4.78, 5) is 4.41. The normalized spacial score (nSPS) is 12.7. The van der Waals surface area contributed by atoms with Crippen LogP contribution < -0.4 is 0 Å². The minimum absolute atomic E-state index is 0.0487. The third kappa shape index (κ3) is 1.81. The average Bonchev–Trinajstić information content (AvgIpc) is 2.82. The first kappa shape index (κ1) is 12.8. The van der Waals surface area contributed by atoms with Crippen LogP contribution in [0.2, 0.25) is 0 Å². The molecule has 104 valence electrons. The van der Waals surface area contributed by atoms with Crippen molar-refractivity contribution in [2.45, 2.75) is 25.9 Å². The minimum Gasteiger partial charge on any atom is -0.268 e. The lowest BCUT2D eigenvalue weighted by molar-refractivity contribution is -0.145. The number of rotatable bonds is 1. The molecule has 20 heavy (non-hydrogen) atoms. The Hall–Kier alpha value is -2.18. The van der Waals surface area contributed by atoms with Crippen molar-refractivity contribution in [3.05, 3.63) is 35.8 Å². The van der Waals surface area contributed by atoms with E-state index in [2.05, 4.69) is 15.2 Å². The summed E-state index contributed by atoms with van der Waals surface area (Å²) in [6.07, 6.45) is -4.56. The van der Waals surface area contributed by atoms with E-state index in [1.165, 1.54) is 0 Å². The molecule has 0 saturated heterocycles. The molecule has 0 aliphatic heterocycles. The van der Waals surface area contributed by atoms with Gasteiger partial charge in [0.25, 0.3) is 0 Å². The molecule has 2 heterocycles. The van der Waals surface area contributed by atoms with Crippen molar-refractivity contribution < 1.29 is 13.2 Å². The van der Waals surface area contributed by atoms with Gasteiger partial charge in [-0.2, -0.15) is 13.2 Å². The molecular formula is C13H11F3N4. The Morgan fingerprint density at radius 3 is 2.45 bits per heavy atom. The molecule has 0 aliphatic carbocycles. The van der Waals surface area contributed by atoms with Gasteiger partial charge in [-0.15, -0.1) is 10.2 Å². The molecule has 0 aliphatic rings. The lowest BCUT2D eigenvalue weighted by Crippen LogP contribution is -2.12. The molecule has 3 rings (SSSR count). The van der Waals surface area contributed by atoms with Crippen LogP contribution >= 0.6 is 0 Å². The highest BCUT2D eigenvalue weighted by Gasteiger charge is 2.38. The molecule has 0 N–H and O–H groups in total. The lowest BCUT2D eigenvalue weighted by Gasteiger charge is -2.11. The smallest absolute Gasteiger partial charge is 0.268 e. The van der Waals surface area contributed by atoms with Gasteiger partial charge in [0.05, 0.1) is 16.7 Å². The van der Waals surface area contributed by atoms with E-state index in [0.717, 1.165) is 4.40 Å². The first-order valence-electron chi connectivity index (χ1n) is 6.10. The molecule has 1 aromatic carbocycles. The number of alkyl halides is 3. The molecule has 0 saturated carbocycles. The van der Waals surface area contributed by atoms with Gasteiger partial charge < -0.3 is 0 Å². The van der Waals surface area contributed by atoms with E-state index >= 15 is 0 Å². The quantitative estimate of drug-likeness (QED) is 0.686. The van der Waals surface area contributed by atoms with Crippen LogP contribution in [-0.4, -0.2) is 19.6 Å². The number of halogens is 3. The molecule has 0 atom stereocenters. The second kappa shape index (κ2) is 4.16. The highest BCUT2D eigenvalue weighted by molar-refractivity contribution is 5.78. The van der Waals surface area contributed by atoms with Crippen molar-refractivity contribution in [3.63, 3.8) is 0 Å². The zero-order chi connectivity index (χ0) is 14.5. The predicted octanol–water partition coefficient (Wildman–Crippen LogP) is 3.42. The monoisotopic (exact) mass is 280 g/mol. The van der Waals surface area contributed by atoms with Gasteiger partial charge in [0, 0.05) is 0 Å². The summed E-state index contributed by atoms with van der Waals surface area (Å²) in [6, 6.07) is 6.67. The van der Waals surface area contributed by atoms with Crippen LogP contribution in [0.3, 0.4) is 0 Å². The summed E-state index contributed by atoms with van der Waals surface area (Å²) in [5, 5.41) is 6.99. The van der Waals surface area contributed by atoms with Crippen molar-refractivity contribution in [2.75, 3.05) is 0 Å². The Kier molecular flexibility index (Phi) is 2.67. The number of fused-ring (bicyclic) bond motifs is 3. The topological polar surface area (TPSA) is 43.1 Å². The van der Waals surface area contributed by atoms with Crippen LogP contribution in [0.15, 0.2) is 24.3 Å². The average molecular weight is 280 g/mol. The van der Waals surface area contributed by atoms with Crippen LogP contribution in [0, 0.1) is 0 Å². The molecular weight excluding hydrogens is 269 g/mol. The van der Waals surface area contributed by atoms with E-state index in [0.29, 0.717) is 16.7 Å². The Morgan fingerprint density at radius 2 is 1.80 bits per heavy atom. The summed E-state index contributed by atoms with van der Waals surface area (Å²) >= 11 is 0. The summed E-state index contributed by atoms with van der Waals surface area (Å²) < 4.78 is 40.2. The van der Waals surface area contributed by atoms with Gasteiger partial charge in [-0.3, -0.25) is 4.40 Å². The van der Waals surface area contributed by atoms with E-state index in [4.69, 9.17) is 0 Å². The zero-order valence-corrected chi connectivity index (χ0v) is 10.8. The molecule has 3 aromatic rings. The summed E-state index contributed by atoms with van der Waals surface area (Å²) in [7, 11) is 0. The lowest BCUT2D eigenvalue weighted by atomic mass is 10.1. The minimum atomic E-state index is -4.56. The van der Waals surface area contributed by atoms with Gasteiger partial charge in [-0.1, -0.05) is 26.0 Å². The fourth-order valence-electron chi connectivity index (χ4n) is 2.18. The Bertz CT molecular complexity index is 789. The van der Waals surface area contributed by atoms with E-state index in [1.54, 1.807) is 24.3 Å². The van der Waals surface area contributed by atoms with Crippen molar-refractivity contribution in [2.24, 2.45) is 0 Å². The van der Waals surface area contributed by atoms with Gasteiger partial charge in [0.1, 0.15) is 0 Å². The molecule has 0 bridgehead atoms. The van der Waals surface area contributed by atoms with Gasteiger partial charge in [0.15, 0.2) is 5.65 Å². The number of hydrogen-bond donors (Lipinski definition) is 0. The van der Waals surface area contributed by atoms with E-state index in [-0.39, 0.29) is 11.6 Å². The van der Waals surface area contributed by atoms with Crippen LogP contribution in [-0.2, 0) is 6.18 Å². The molecule has 0 amide bonds. The third-order valence-electron chi connectivity index (χ3n) is 3.06. The second-order valence-corrected chi connectivity index (χ2v) is 4.82. The molecule has 0 fully saturated rings. The third-order valence-corrected chi connectivity index (χ3v) is 3.06. The Labute approximate surface area is 112 Å². The largest absolute Gasteiger partial charge is 0.452 e. The zero-order valence-electron chi connectivity index (χ0n) is 10.8. The molecule has 7 heteroatoms. The van der Waals surface area contributed by atoms with Crippen LogP contribution in [0.5, 0.6) is 0 Å². The molecule has 0 unspecified atom stereocenters. The second-order valence-electron chi connectivity index (χ2n) is 4.82. The molecule has 0 spiro atoms. The fourth-order valence-corrected chi connectivity index (χ4v) is 2.18. The number of benzene rings is 1. The number of para-hydroxylation sites is 2. The SMILES string of the molecule is CC(C)c1nc2ccccc2n2c(C(F)(F)F)nnc12. The first-order chi connectivity index (χ1) is 9.39. The summed E-state index contributed by atoms with van der Waals surface area (Å²) in [5.74, 6) is -1.07. The molecule has 0 radical (unpaired) electrons. The first-order valence-corrected chi connectivity index (χ1v) is 6.10. The van der Waals surface area contributed by atoms with Crippen molar-refractivity contribution in [1.29, 1.82) is 0 Å². The van der Waals surface area contributed by atoms with Crippen molar-refractivity contribution in [3.8, 4) is 0 Å². The van der Waals surface area contributed by atoms with Gasteiger partial charge >= 0.3 is 6.18 Å². The highest BCUT2D eigenvalue weighted by atomic mass is 19.4. The van der Waals surface area contributed by atoms with Gasteiger partial charge in [-0.25, -0.2) is 4.98 Å². The molecule has 2 aromatic heterocycles. The van der Waals surface area contributed by atoms with Crippen LogP contribution in [0.25, 0.3) is 16.7 Å². The van der Waals surface area contributed by atoms with Crippen molar-refractivity contribution in [1.82, 2.24) is 19.6 Å². The van der Waals surface area contributed by atoms with Crippen molar-refractivity contribution >= 4 is 16.7 Å². The summed E-state index contributed by atoms with van der Waals surface area (Å²) in [6.45, 7) is 3.72. The maximum Gasteiger partial charge on any atom is 0.452 e. The number of aromatic nitrogens is 4. The number of nitrogens with zero attached hydrogens (tertiary/aromatic N) is 4. The summed E-state index contributed by atoms with van der Waals surface area (Å²) in [5.41, 5.74) is 1.51. The van der Waals surface area contributed by atoms with E-state index in [1.807, 2.05) is 13.8 Å². The highest BCUT2D eigenvalue weighted by Crippen LogP contribution is 2.31. The van der Waals surface area contributed by atoms with Crippen LogP contribution in [0.1, 0.15) is 31.3 Å². The van der Waals surface area contributed by atoms with Gasteiger partial charge in [-0.05, 0) is 18.1 Å². The van der Waals surface area contributed by atoms with Gasteiger partial charge in [0.2, 0.25) is 5.82 Å². The Morgan fingerprint density at radius 1 is 1.10 bits per heavy atom. The predicted molar refractivity (Wildman–Crippen MR) is 67.4 cm³/mol. The maximum absolute atomic E-state index is 13.1. The van der Waals surface area contributed by atoms with E-state index < -0.39 is 12.0 Å². The van der Waals surface area contributed by atoms with Crippen LogP contribution in [0.4, 0.5) is 13.2 Å².